The molecule has 1 aromatic heterocycles. The van der Waals surface area contributed by atoms with E-state index in [4.69, 9.17) is 0 Å². The lowest BCUT2D eigenvalue weighted by Gasteiger charge is -2.25. The van der Waals surface area contributed by atoms with Crippen LogP contribution in [0.15, 0.2) is 16.3 Å². The van der Waals surface area contributed by atoms with Crippen LogP contribution in [0.1, 0.15) is 50.8 Å². The highest BCUT2D eigenvalue weighted by Crippen LogP contribution is 2.31. The number of hydrogen-bond donors (Lipinski definition) is 2. The first-order valence-electron chi connectivity index (χ1n) is 7.28. The van der Waals surface area contributed by atoms with Crippen molar-refractivity contribution in [3.63, 3.8) is 0 Å². The van der Waals surface area contributed by atoms with Crippen molar-refractivity contribution in [3.8, 4) is 0 Å². The van der Waals surface area contributed by atoms with Gasteiger partial charge in [0.2, 0.25) is 10.0 Å². The van der Waals surface area contributed by atoms with Crippen LogP contribution in [-0.2, 0) is 16.6 Å². The van der Waals surface area contributed by atoms with Crippen LogP contribution in [-0.4, -0.2) is 20.5 Å². The van der Waals surface area contributed by atoms with Gasteiger partial charge in [0.15, 0.2) is 0 Å². The summed E-state index contributed by atoms with van der Waals surface area (Å²) >= 11 is 1.50. The van der Waals surface area contributed by atoms with Crippen LogP contribution in [0.4, 0.5) is 0 Å². The van der Waals surface area contributed by atoms with Gasteiger partial charge in [0.1, 0.15) is 0 Å². The van der Waals surface area contributed by atoms with Crippen LogP contribution in [0.5, 0.6) is 0 Å². The van der Waals surface area contributed by atoms with Crippen LogP contribution in [0, 0.1) is 0 Å². The summed E-state index contributed by atoms with van der Waals surface area (Å²) in [6.45, 7) is 5.64. The predicted molar refractivity (Wildman–Crippen MR) is 83.5 cm³/mol. The van der Waals surface area contributed by atoms with Crippen molar-refractivity contribution in [1.29, 1.82) is 0 Å². The van der Waals surface area contributed by atoms with E-state index in [9.17, 15) is 8.42 Å². The summed E-state index contributed by atoms with van der Waals surface area (Å²) in [4.78, 5) is 1.34. The second-order valence-electron chi connectivity index (χ2n) is 5.76. The lowest BCUT2D eigenvalue weighted by Crippen LogP contribution is -2.43. The van der Waals surface area contributed by atoms with E-state index in [0.717, 1.165) is 43.5 Å². The number of nitrogens with one attached hydrogen (secondary N) is 2. The smallest absolute Gasteiger partial charge is 0.242 e. The van der Waals surface area contributed by atoms with Gasteiger partial charge in [-0.3, -0.25) is 0 Å². The molecule has 2 N–H and O–H groups in total. The first-order valence-corrected chi connectivity index (χ1v) is 9.64. The summed E-state index contributed by atoms with van der Waals surface area (Å²) in [6.07, 6.45) is 5.12. The molecule has 0 saturated heterocycles. The summed E-state index contributed by atoms with van der Waals surface area (Å²) in [6, 6.07) is 1.72. The standard InChI is InChI=1S/C14H24N2O2S2/c1-3-9-15-11-12-13(6-10-19-12)20(17,18)16-14(2)7-4-5-8-14/h6,10,15-16H,3-5,7-9,11H2,1-2H3. The van der Waals surface area contributed by atoms with Crippen LogP contribution >= 0.6 is 11.3 Å². The number of thiophene rings is 1. The lowest BCUT2D eigenvalue weighted by molar-refractivity contribution is 0.427. The molecule has 1 aliphatic carbocycles. The van der Waals surface area contributed by atoms with Gasteiger partial charge in [0, 0.05) is 17.0 Å². The van der Waals surface area contributed by atoms with Gasteiger partial charge in [-0.05, 0) is 44.2 Å². The molecule has 1 aliphatic rings. The maximum atomic E-state index is 12.6. The molecular formula is C14H24N2O2S2. The summed E-state index contributed by atoms with van der Waals surface area (Å²) in [5.74, 6) is 0. The van der Waals surface area contributed by atoms with Crippen LogP contribution in [0.3, 0.4) is 0 Å². The molecule has 6 heteroatoms. The fourth-order valence-corrected chi connectivity index (χ4v) is 5.59. The minimum Gasteiger partial charge on any atom is -0.312 e. The zero-order valence-corrected chi connectivity index (χ0v) is 13.9. The van der Waals surface area contributed by atoms with Gasteiger partial charge >= 0.3 is 0 Å². The van der Waals surface area contributed by atoms with Crippen molar-refractivity contribution in [2.75, 3.05) is 6.54 Å². The third-order valence-corrected chi connectivity index (χ3v) is 6.57. The lowest BCUT2D eigenvalue weighted by atomic mass is 10.0. The van der Waals surface area contributed by atoms with Gasteiger partial charge in [0.25, 0.3) is 0 Å². The van der Waals surface area contributed by atoms with Gasteiger partial charge in [-0.1, -0.05) is 19.8 Å². The quantitative estimate of drug-likeness (QED) is 0.761. The molecule has 4 nitrogen and oxygen atoms in total. The first kappa shape index (κ1) is 15.9. The molecule has 0 radical (unpaired) electrons. The van der Waals surface area contributed by atoms with Crippen molar-refractivity contribution in [3.05, 3.63) is 16.3 Å². The maximum Gasteiger partial charge on any atom is 0.242 e. The van der Waals surface area contributed by atoms with E-state index < -0.39 is 10.0 Å². The second-order valence-corrected chi connectivity index (χ2v) is 8.41. The van der Waals surface area contributed by atoms with Crippen molar-refractivity contribution < 1.29 is 8.42 Å². The predicted octanol–water partition coefficient (Wildman–Crippen LogP) is 2.86. The van der Waals surface area contributed by atoms with Crippen molar-refractivity contribution >= 4 is 21.4 Å². The van der Waals surface area contributed by atoms with Gasteiger partial charge in [0.05, 0.1) is 4.90 Å². The third kappa shape index (κ3) is 3.81. The monoisotopic (exact) mass is 316 g/mol. The minimum absolute atomic E-state index is 0.269. The Bertz CT molecular complexity index is 531. The minimum atomic E-state index is -3.41. The Morgan fingerprint density at radius 3 is 2.70 bits per heavy atom. The van der Waals surface area contributed by atoms with Crippen molar-refractivity contribution in [2.24, 2.45) is 0 Å². The van der Waals surface area contributed by atoms with Gasteiger partial charge in [-0.2, -0.15) is 0 Å². The molecule has 0 atom stereocenters. The molecule has 0 amide bonds. The Morgan fingerprint density at radius 1 is 1.35 bits per heavy atom. The fraction of sp³-hybridized carbons (Fsp3) is 0.714. The van der Waals surface area contributed by atoms with Gasteiger partial charge in [-0.25, -0.2) is 13.1 Å². The fourth-order valence-electron chi connectivity index (χ4n) is 2.71. The Balaban J connectivity index is 2.11. The molecule has 0 aromatic carbocycles. The molecule has 0 bridgehead atoms. The molecule has 1 fully saturated rings. The van der Waals surface area contributed by atoms with E-state index >= 15 is 0 Å². The number of sulfonamides is 1. The van der Waals surface area contributed by atoms with Crippen LogP contribution in [0.2, 0.25) is 0 Å². The molecule has 0 unspecified atom stereocenters. The molecule has 114 valence electrons. The molecule has 20 heavy (non-hydrogen) atoms. The molecule has 1 aromatic rings. The second kappa shape index (κ2) is 6.56. The summed E-state index contributed by atoms with van der Waals surface area (Å²) in [7, 11) is -3.41. The van der Waals surface area contributed by atoms with E-state index in [0.29, 0.717) is 11.4 Å². The molecule has 0 spiro atoms. The first-order chi connectivity index (χ1) is 9.47. The van der Waals surface area contributed by atoms with Crippen LogP contribution < -0.4 is 10.0 Å². The van der Waals surface area contributed by atoms with E-state index in [2.05, 4.69) is 17.0 Å². The average Bonchev–Trinajstić information content (AvgIpc) is 2.98. The molecule has 1 heterocycles. The highest BCUT2D eigenvalue weighted by molar-refractivity contribution is 7.89. The maximum absolute atomic E-state index is 12.6. The third-order valence-electron chi connectivity index (χ3n) is 3.79. The SMILES string of the molecule is CCCNCc1sccc1S(=O)(=O)NC1(C)CCCC1. The molecule has 1 saturated carbocycles. The molecular weight excluding hydrogens is 292 g/mol. The Hall–Kier alpha value is -0.430. The summed E-state index contributed by atoms with van der Waals surface area (Å²) in [5, 5.41) is 5.13. The number of hydrogen-bond acceptors (Lipinski definition) is 4. The van der Waals surface area contributed by atoms with Gasteiger partial charge < -0.3 is 5.32 Å². The zero-order chi connectivity index (χ0) is 14.6. The topological polar surface area (TPSA) is 58.2 Å². The van der Waals surface area contributed by atoms with E-state index in [-0.39, 0.29) is 5.54 Å². The molecule has 0 aliphatic heterocycles. The highest BCUT2D eigenvalue weighted by Gasteiger charge is 2.34. The Kier molecular flexibility index (Phi) is 5.23. The van der Waals surface area contributed by atoms with E-state index in [1.54, 1.807) is 6.07 Å². The number of rotatable bonds is 7. The normalized spacial score (nSPS) is 18.5. The Labute approximate surface area is 126 Å². The zero-order valence-electron chi connectivity index (χ0n) is 12.2. The van der Waals surface area contributed by atoms with Gasteiger partial charge in [-0.15, -0.1) is 11.3 Å². The van der Waals surface area contributed by atoms with Crippen LogP contribution in [0.25, 0.3) is 0 Å². The van der Waals surface area contributed by atoms with E-state index in [1.807, 2.05) is 12.3 Å². The summed E-state index contributed by atoms with van der Waals surface area (Å²) < 4.78 is 28.1. The van der Waals surface area contributed by atoms with Crippen molar-refractivity contribution in [2.45, 2.75) is 62.9 Å². The van der Waals surface area contributed by atoms with E-state index in [1.165, 1.54) is 11.3 Å². The average molecular weight is 316 g/mol. The van der Waals surface area contributed by atoms with Crippen molar-refractivity contribution in [1.82, 2.24) is 10.0 Å². The Morgan fingerprint density at radius 2 is 2.05 bits per heavy atom. The largest absolute Gasteiger partial charge is 0.312 e. The molecule has 2 rings (SSSR count). The highest BCUT2D eigenvalue weighted by atomic mass is 32.2. The summed E-state index contributed by atoms with van der Waals surface area (Å²) in [5.41, 5.74) is -0.269.